The van der Waals surface area contributed by atoms with Crippen molar-refractivity contribution >= 4 is 0 Å². The van der Waals surface area contributed by atoms with Crippen LogP contribution in [0, 0.1) is 0 Å². The molecule has 0 aromatic carbocycles. The van der Waals surface area contributed by atoms with E-state index < -0.39 is 30.5 Å². The second-order valence-corrected chi connectivity index (χ2v) is 3.03. The zero-order valence-electron chi connectivity index (χ0n) is 6.79. The van der Waals surface area contributed by atoms with E-state index in [1.165, 1.54) is 0 Å². The SMILES string of the molecule is C[C@@H]1O[C@H](CO)[C@H](O)[C@@H](O)[C@@H]1O. The summed E-state index contributed by atoms with van der Waals surface area (Å²) >= 11 is 0. The Kier molecular flexibility index (Phi) is 3.03. The van der Waals surface area contributed by atoms with Gasteiger partial charge in [0.2, 0.25) is 0 Å². The Hall–Kier alpha value is -0.200. The highest BCUT2D eigenvalue weighted by Gasteiger charge is 2.41. The van der Waals surface area contributed by atoms with E-state index in [1.807, 2.05) is 0 Å². The monoisotopic (exact) mass is 178 g/mol. The van der Waals surface area contributed by atoms with Gasteiger partial charge in [-0.2, -0.15) is 0 Å². The lowest BCUT2D eigenvalue weighted by Crippen LogP contribution is -2.57. The summed E-state index contributed by atoms with van der Waals surface area (Å²) in [4.78, 5) is 0. The number of aliphatic hydroxyl groups excluding tert-OH is 4. The van der Waals surface area contributed by atoms with Crippen molar-refractivity contribution in [3.8, 4) is 0 Å². The molecule has 0 aromatic heterocycles. The van der Waals surface area contributed by atoms with Gasteiger partial charge < -0.3 is 25.2 Å². The Bertz CT molecular complexity index is 146. The summed E-state index contributed by atoms with van der Waals surface area (Å²) in [6.07, 6.45) is -4.94. The minimum atomic E-state index is -1.24. The third-order valence-electron chi connectivity index (χ3n) is 2.13. The Labute approximate surface area is 70.2 Å². The fourth-order valence-electron chi connectivity index (χ4n) is 1.29. The standard InChI is InChI=1S/C7H14O5/c1-3-5(9)7(11)6(10)4(2-8)12-3/h3-11H,2H2,1H3/t3-,4+,5+,6-,7-/m0/s1. The first-order chi connectivity index (χ1) is 5.57. The molecule has 0 aromatic rings. The molecule has 5 nitrogen and oxygen atoms in total. The van der Waals surface area contributed by atoms with Gasteiger partial charge in [-0.1, -0.05) is 0 Å². The van der Waals surface area contributed by atoms with Crippen LogP contribution in [0.3, 0.4) is 0 Å². The molecule has 0 saturated carbocycles. The quantitative estimate of drug-likeness (QED) is 0.367. The highest BCUT2D eigenvalue weighted by Crippen LogP contribution is 2.20. The average molecular weight is 178 g/mol. The number of hydrogen-bond acceptors (Lipinski definition) is 5. The van der Waals surface area contributed by atoms with Gasteiger partial charge in [0, 0.05) is 0 Å². The van der Waals surface area contributed by atoms with Crippen molar-refractivity contribution < 1.29 is 25.2 Å². The van der Waals surface area contributed by atoms with E-state index in [2.05, 4.69) is 0 Å². The first kappa shape index (κ1) is 9.88. The molecule has 1 saturated heterocycles. The third kappa shape index (κ3) is 1.60. The van der Waals surface area contributed by atoms with E-state index in [4.69, 9.17) is 9.84 Å². The van der Waals surface area contributed by atoms with Crippen molar-refractivity contribution in [3.63, 3.8) is 0 Å². The number of ether oxygens (including phenoxy) is 1. The van der Waals surface area contributed by atoms with Gasteiger partial charge in [-0.05, 0) is 6.92 Å². The van der Waals surface area contributed by atoms with E-state index >= 15 is 0 Å². The molecule has 4 N–H and O–H groups in total. The Morgan fingerprint density at radius 3 is 2.17 bits per heavy atom. The van der Waals surface area contributed by atoms with Crippen LogP contribution in [0.5, 0.6) is 0 Å². The molecule has 0 amide bonds. The lowest BCUT2D eigenvalue weighted by atomic mass is 9.96. The summed E-state index contributed by atoms with van der Waals surface area (Å²) in [5.74, 6) is 0. The molecule has 0 unspecified atom stereocenters. The summed E-state index contributed by atoms with van der Waals surface area (Å²) < 4.78 is 5.02. The lowest BCUT2D eigenvalue weighted by molar-refractivity contribution is -0.224. The molecule has 1 rings (SSSR count). The zero-order valence-corrected chi connectivity index (χ0v) is 6.79. The summed E-state index contributed by atoms with van der Waals surface area (Å²) in [5.41, 5.74) is 0. The molecule has 1 fully saturated rings. The van der Waals surface area contributed by atoms with Crippen molar-refractivity contribution in [1.82, 2.24) is 0 Å². The Morgan fingerprint density at radius 1 is 1.08 bits per heavy atom. The van der Waals surface area contributed by atoms with Crippen LogP contribution >= 0.6 is 0 Å². The molecule has 1 aliphatic rings. The van der Waals surface area contributed by atoms with Crippen LogP contribution in [0.25, 0.3) is 0 Å². The fourth-order valence-corrected chi connectivity index (χ4v) is 1.29. The Morgan fingerprint density at radius 2 is 1.67 bits per heavy atom. The molecule has 1 heterocycles. The first-order valence-corrected chi connectivity index (χ1v) is 3.88. The molecule has 72 valence electrons. The fraction of sp³-hybridized carbons (Fsp3) is 1.00. The third-order valence-corrected chi connectivity index (χ3v) is 2.13. The van der Waals surface area contributed by atoms with E-state index in [-0.39, 0.29) is 6.61 Å². The second kappa shape index (κ2) is 3.68. The molecule has 12 heavy (non-hydrogen) atoms. The average Bonchev–Trinajstić information content (AvgIpc) is 2.08. The van der Waals surface area contributed by atoms with E-state index in [0.717, 1.165) is 0 Å². The van der Waals surface area contributed by atoms with Crippen LogP contribution in [0.1, 0.15) is 6.92 Å². The van der Waals surface area contributed by atoms with Gasteiger partial charge in [0.25, 0.3) is 0 Å². The smallest absolute Gasteiger partial charge is 0.111 e. The molecule has 0 aliphatic carbocycles. The predicted octanol–water partition coefficient (Wildman–Crippen LogP) is -2.15. The normalized spacial score (nSPS) is 49.2. The maximum absolute atomic E-state index is 9.23. The predicted molar refractivity (Wildman–Crippen MR) is 39.4 cm³/mol. The van der Waals surface area contributed by atoms with Crippen LogP contribution in [-0.2, 0) is 4.74 Å². The molecular weight excluding hydrogens is 164 g/mol. The topological polar surface area (TPSA) is 90.2 Å². The van der Waals surface area contributed by atoms with Crippen LogP contribution in [0.15, 0.2) is 0 Å². The van der Waals surface area contributed by atoms with Gasteiger partial charge in [-0.25, -0.2) is 0 Å². The lowest BCUT2D eigenvalue weighted by Gasteiger charge is -2.38. The van der Waals surface area contributed by atoms with Crippen molar-refractivity contribution in [3.05, 3.63) is 0 Å². The number of rotatable bonds is 1. The van der Waals surface area contributed by atoms with Crippen LogP contribution in [-0.4, -0.2) is 57.6 Å². The molecule has 5 atom stereocenters. The van der Waals surface area contributed by atoms with E-state index in [9.17, 15) is 15.3 Å². The zero-order chi connectivity index (χ0) is 9.30. The summed E-state index contributed by atoms with van der Waals surface area (Å²) in [6.45, 7) is 1.21. The van der Waals surface area contributed by atoms with Crippen LogP contribution in [0.2, 0.25) is 0 Å². The van der Waals surface area contributed by atoms with Gasteiger partial charge >= 0.3 is 0 Å². The molecule has 0 spiro atoms. The van der Waals surface area contributed by atoms with Crippen molar-refractivity contribution in [2.75, 3.05) is 6.61 Å². The summed E-state index contributed by atoms with van der Waals surface area (Å²) in [6, 6.07) is 0. The molecule has 0 radical (unpaired) electrons. The van der Waals surface area contributed by atoms with Crippen molar-refractivity contribution in [2.24, 2.45) is 0 Å². The summed E-state index contributed by atoms with van der Waals surface area (Å²) in [7, 11) is 0. The second-order valence-electron chi connectivity index (χ2n) is 3.03. The van der Waals surface area contributed by atoms with Gasteiger partial charge in [-0.3, -0.25) is 0 Å². The molecule has 1 aliphatic heterocycles. The van der Waals surface area contributed by atoms with Crippen molar-refractivity contribution in [2.45, 2.75) is 37.4 Å². The maximum atomic E-state index is 9.23. The van der Waals surface area contributed by atoms with Gasteiger partial charge in [0.05, 0.1) is 12.7 Å². The van der Waals surface area contributed by atoms with Crippen LogP contribution in [0.4, 0.5) is 0 Å². The molecule has 0 bridgehead atoms. The van der Waals surface area contributed by atoms with Crippen LogP contribution < -0.4 is 0 Å². The van der Waals surface area contributed by atoms with Gasteiger partial charge in [0.15, 0.2) is 0 Å². The first-order valence-electron chi connectivity index (χ1n) is 3.88. The highest BCUT2D eigenvalue weighted by atomic mass is 16.5. The number of hydrogen-bond donors (Lipinski definition) is 4. The summed E-state index contributed by atoms with van der Waals surface area (Å²) in [5, 5.41) is 36.4. The molecular formula is C7H14O5. The van der Waals surface area contributed by atoms with E-state index in [0.29, 0.717) is 0 Å². The Balaban J connectivity index is 2.63. The largest absolute Gasteiger partial charge is 0.394 e. The van der Waals surface area contributed by atoms with Gasteiger partial charge in [-0.15, -0.1) is 0 Å². The molecule has 5 heteroatoms. The number of aliphatic hydroxyl groups is 4. The van der Waals surface area contributed by atoms with Gasteiger partial charge in [0.1, 0.15) is 24.4 Å². The minimum Gasteiger partial charge on any atom is -0.394 e. The minimum absolute atomic E-state index is 0.366. The van der Waals surface area contributed by atoms with E-state index in [1.54, 1.807) is 6.92 Å². The maximum Gasteiger partial charge on any atom is 0.111 e. The van der Waals surface area contributed by atoms with Crippen molar-refractivity contribution in [1.29, 1.82) is 0 Å². The highest BCUT2D eigenvalue weighted by molar-refractivity contribution is 4.89.